The topological polar surface area (TPSA) is 124 Å². The Bertz CT molecular complexity index is 509. The van der Waals surface area contributed by atoms with Gasteiger partial charge in [-0.1, -0.05) is 23.2 Å². The first-order chi connectivity index (χ1) is 8.25. The molecule has 0 aliphatic carbocycles. The summed E-state index contributed by atoms with van der Waals surface area (Å²) >= 11 is 10.6. The van der Waals surface area contributed by atoms with Gasteiger partial charge in [0.15, 0.2) is 10.6 Å². The maximum Gasteiger partial charge on any atom is 0.318 e. The number of phenolic OH excluding ortho intramolecular Hbond substituents is 1. The van der Waals surface area contributed by atoms with E-state index in [1.54, 1.807) is 0 Å². The molecule has 0 saturated heterocycles. The number of halogens is 2. The fourth-order valence-corrected chi connectivity index (χ4v) is 1.40. The van der Waals surface area contributed by atoms with Gasteiger partial charge < -0.3 is 5.11 Å². The highest BCUT2D eigenvalue weighted by Gasteiger charge is 2.29. The summed E-state index contributed by atoms with van der Waals surface area (Å²) in [6, 6.07) is 1.34. The Morgan fingerprint density at radius 2 is 1.56 bits per heavy atom. The number of phenols is 1. The minimum Gasteiger partial charge on any atom is -0.497 e. The van der Waals surface area contributed by atoms with E-state index in [2.05, 4.69) is 0 Å². The fraction of sp³-hybridized carbons (Fsp3) is 0.125. The molecular weight excluding hydrogens is 291 g/mol. The monoisotopic (exact) mass is 294 g/mol. The van der Waals surface area contributed by atoms with Crippen LogP contribution in [0.5, 0.6) is 5.75 Å². The van der Waals surface area contributed by atoms with Crippen LogP contribution in [0.2, 0.25) is 0 Å². The van der Waals surface area contributed by atoms with E-state index in [0.717, 1.165) is 0 Å². The number of aromatic hydroxyl groups is 1. The Balaban J connectivity index is 3.53. The quantitative estimate of drug-likeness (QED) is 0.393. The summed E-state index contributed by atoms with van der Waals surface area (Å²) < 4.78 is 0. The zero-order valence-corrected chi connectivity index (χ0v) is 9.88. The Hall–Kier alpha value is -1.93. The zero-order valence-electron chi connectivity index (χ0n) is 8.37. The molecule has 1 aromatic carbocycles. The number of Topliss-reactive ketones (excluding diaryl/α,β-unsaturated/α-hetero) is 1. The van der Waals surface area contributed by atoms with Gasteiger partial charge in [-0.05, 0) is 0 Å². The third-order valence-electron chi connectivity index (χ3n) is 1.95. The van der Waals surface area contributed by atoms with Gasteiger partial charge in [0.2, 0.25) is 0 Å². The number of carbonyl (C=O) groups is 1. The lowest BCUT2D eigenvalue weighted by molar-refractivity contribution is -0.396. The summed E-state index contributed by atoms with van der Waals surface area (Å²) in [6.07, 6.45) is 0. The second-order valence-corrected chi connectivity index (χ2v) is 4.14. The molecule has 0 unspecified atom stereocenters. The number of ketones is 1. The molecule has 0 amide bonds. The molecule has 0 saturated carbocycles. The number of hydrogen-bond acceptors (Lipinski definition) is 6. The molecule has 0 aliphatic rings. The van der Waals surface area contributed by atoms with Gasteiger partial charge in [-0.25, -0.2) is 0 Å². The van der Waals surface area contributed by atoms with E-state index in [-0.39, 0.29) is 0 Å². The first kappa shape index (κ1) is 14.1. The average Bonchev–Trinajstić information content (AvgIpc) is 2.27. The summed E-state index contributed by atoms with van der Waals surface area (Å²) in [6.45, 7) is 0. The smallest absolute Gasteiger partial charge is 0.318 e. The van der Waals surface area contributed by atoms with E-state index in [1.165, 1.54) is 0 Å². The van der Waals surface area contributed by atoms with Gasteiger partial charge in [0.1, 0.15) is 0 Å². The Kier molecular flexibility index (Phi) is 4.04. The van der Waals surface area contributed by atoms with Crippen LogP contribution >= 0.6 is 23.2 Å². The van der Waals surface area contributed by atoms with E-state index in [4.69, 9.17) is 23.2 Å². The van der Waals surface area contributed by atoms with Gasteiger partial charge in [-0.3, -0.25) is 25.0 Å². The molecule has 0 atom stereocenters. The third kappa shape index (κ3) is 2.66. The molecule has 0 aromatic heterocycles. The van der Waals surface area contributed by atoms with Crippen molar-refractivity contribution >= 4 is 40.4 Å². The van der Waals surface area contributed by atoms with Gasteiger partial charge in [0.05, 0.1) is 9.85 Å². The van der Waals surface area contributed by atoms with Crippen LogP contribution in [0.25, 0.3) is 0 Å². The van der Waals surface area contributed by atoms with Gasteiger partial charge in [0, 0.05) is 17.7 Å². The Labute approximate surface area is 109 Å². The van der Waals surface area contributed by atoms with Crippen molar-refractivity contribution in [2.24, 2.45) is 0 Å². The van der Waals surface area contributed by atoms with Crippen LogP contribution in [-0.4, -0.2) is 25.6 Å². The normalized spacial score (nSPS) is 10.4. The van der Waals surface area contributed by atoms with E-state index in [9.17, 15) is 30.1 Å². The van der Waals surface area contributed by atoms with Crippen molar-refractivity contribution in [2.45, 2.75) is 4.84 Å². The molecule has 18 heavy (non-hydrogen) atoms. The van der Waals surface area contributed by atoms with Crippen molar-refractivity contribution in [3.05, 3.63) is 37.9 Å². The molecule has 96 valence electrons. The van der Waals surface area contributed by atoms with Crippen molar-refractivity contribution in [3.8, 4) is 5.75 Å². The Morgan fingerprint density at radius 3 is 1.83 bits per heavy atom. The van der Waals surface area contributed by atoms with E-state index >= 15 is 0 Å². The Morgan fingerprint density at radius 1 is 1.17 bits per heavy atom. The molecule has 0 heterocycles. The maximum absolute atomic E-state index is 11.4. The summed E-state index contributed by atoms with van der Waals surface area (Å²) in [5.41, 5.74) is -2.37. The molecule has 0 radical (unpaired) electrons. The molecule has 1 N–H and O–H groups in total. The summed E-state index contributed by atoms with van der Waals surface area (Å²) in [4.78, 5) is 29.0. The number of nitro groups is 2. The third-order valence-corrected chi connectivity index (χ3v) is 2.34. The van der Waals surface area contributed by atoms with E-state index in [0.29, 0.717) is 12.1 Å². The molecule has 0 bridgehead atoms. The SMILES string of the molecule is O=C(c1cc([N+](=O)[O-])c(O)c([N+](=O)[O-])c1)C(Cl)Cl. The predicted molar refractivity (Wildman–Crippen MR) is 61.2 cm³/mol. The maximum atomic E-state index is 11.4. The highest BCUT2D eigenvalue weighted by atomic mass is 35.5. The molecular formula is C8H4Cl2N2O6. The largest absolute Gasteiger partial charge is 0.497 e. The number of alkyl halides is 2. The van der Waals surface area contributed by atoms with Gasteiger partial charge in [0.25, 0.3) is 5.75 Å². The molecule has 8 nitrogen and oxygen atoms in total. The second-order valence-electron chi connectivity index (χ2n) is 3.04. The lowest BCUT2D eigenvalue weighted by atomic mass is 10.1. The number of rotatable bonds is 4. The number of nitrogens with zero attached hydrogens (tertiary/aromatic N) is 2. The molecule has 1 aromatic rings. The van der Waals surface area contributed by atoms with Crippen LogP contribution < -0.4 is 0 Å². The van der Waals surface area contributed by atoms with Crippen LogP contribution in [0, 0.1) is 20.2 Å². The summed E-state index contributed by atoms with van der Waals surface area (Å²) in [5, 5.41) is 30.5. The predicted octanol–water partition coefficient (Wildman–Crippen LogP) is 2.20. The van der Waals surface area contributed by atoms with E-state index in [1.807, 2.05) is 0 Å². The number of hydrogen-bond donors (Lipinski definition) is 1. The minimum absolute atomic E-state index is 0.429. The van der Waals surface area contributed by atoms with Crippen molar-refractivity contribution in [1.29, 1.82) is 0 Å². The minimum atomic E-state index is -1.52. The molecule has 0 fully saturated rings. The van der Waals surface area contributed by atoms with Crippen molar-refractivity contribution in [2.75, 3.05) is 0 Å². The highest BCUT2D eigenvalue weighted by Crippen LogP contribution is 2.37. The van der Waals surface area contributed by atoms with Crippen LogP contribution in [-0.2, 0) is 0 Å². The van der Waals surface area contributed by atoms with Gasteiger partial charge in [-0.2, -0.15) is 0 Å². The second kappa shape index (κ2) is 5.15. The van der Waals surface area contributed by atoms with E-state index < -0.39 is 43.2 Å². The lowest BCUT2D eigenvalue weighted by Crippen LogP contribution is -2.09. The van der Waals surface area contributed by atoms with Gasteiger partial charge in [-0.15, -0.1) is 0 Å². The van der Waals surface area contributed by atoms with Crippen LogP contribution in [0.15, 0.2) is 12.1 Å². The van der Waals surface area contributed by atoms with Crippen LogP contribution in [0.3, 0.4) is 0 Å². The highest BCUT2D eigenvalue weighted by molar-refractivity contribution is 6.55. The van der Waals surface area contributed by atoms with Crippen LogP contribution in [0.1, 0.15) is 10.4 Å². The first-order valence-electron chi connectivity index (χ1n) is 4.24. The van der Waals surface area contributed by atoms with Crippen molar-refractivity contribution in [3.63, 3.8) is 0 Å². The molecule has 0 spiro atoms. The van der Waals surface area contributed by atoms with Crippen molar-refractivity contribution < 1.29 is 19.7 Å². The molecule has 10 heteroatoms. The lowest BCUT2D eigenvalue weighted by Gasteiger charge is -2.03. The first-order valence-corrected chi connectivity index (χ1v) is 5.11. The standard InChI is InChI=1S/C8H4Cl2N2O6/c9-8(10)6(13)3-1-4(11(15)16)7(14)5(2-3)12(17)18/h1-2,8,14H. The zero-order chi connectivity index (χ0) is 14.0. The summed E-state index contributed by atoms with van der Waals surface area (Å²) in [7, 11) is 0. The fourth-order valence-electron chi connectivity index (χ4n) is 1.15. The average molecular weight is 295 g/mol. The number of nitro benzene ring substituents is 2. The van der Waals surface area contributed by atoms with Gasteiger partial charge >= 0.3 is 11.4 Å². The molecule has 1 rings (SSSR count). The molecule has 0 aliphatic heterocycles. The van der Waals surface area contributed by atoms with Crippen LogP contribution in [0.4, 0.5) is 11.4 Å². The van der Waals surface area contributed by atoms with Crippen molar-refractivity contribution in [1.82, 2.24) is 0 Å². The summed E-state index contributed by atoms with van der Waals surface area (Å²) in [5.74, 6) is -2.08. The number of benzene rings is 1. The number of carbonyl (C=O) groups excluding carboxylic acids is 1.